The van der Waals surface area contributed by atoms with Gasteiger partial charge in [0.1, 0.15) is 30.7 Å². The number of amides is 1. The van der Waals surface area contributed by atoms with Gasteiger partial charge in [-0.25, -0.2) is 4.98 Å². The van der Waals surface area contributed by atoms with E-state index in [1.165, 1.54) is 6.26 Å². The van der Waals surface area contributed by atoms with Crippen LogP contribution in [0.25, 0.3) is 10.2 Å². The number of carbonyl (C=O) groups is 1. The summed E-state index contributed by atoms with van der Waals surface area (Å²) in [6.45, 7) is 6.25. The van der Waals surface area contributed by atoms with Crippen molar-refractivity contribution in [2.45, 2.75) is 6.92 Å². The molecule has 1 aromatic carbocycles. The lowest BCUT2D eigenvalue weighted by Crippen LogP contribution is -2.49. The van der Waals surface area contributed by atoms with Crippen LogP contribution in [0.1, 0.15) is 6.92 Å². The van der Waals surface area contributed by atoms with Crippen LogP contribution in [0.2, 0.25) is 0 Å². The van der Waals surface area contributed by atoms with Crippen LogP contribution >= 0.6 is 11.3 Å². The number of rotatable bonds is 4. The largest absolute Gasteiger partial charge is 0.494 e. The lowest BCUT2D eigenvalue weighted by Gasteiger charge is -2.35. The molecule has 0 aliphatic carbocycles. The second-order valence-electron chi connectivity index (χ2n) is 6.01. The Labute approximate surface area is 155 Å². The summed E-state index contributed by atoms with van der Waals surface area (Å²) in [5.41, 5.74) is 0.908. The van der Waals surface area contributed by atoms with Crippen molar-refractivity contribution < 1.29 is 19.0 Å². The molecular formula is C18H21N3O4S. The molecule has 0 saturated carbocycles. The number of ether oxygens (including phenoxy) is 3. The lowest BCUT2D eigenvalue weighted by molar-refractivity contribution is -0.132. The zero-order chi connectivity index (χ0) is 17.9. The summed E-state index contributed by atoms with van der Waals surface area (Å²) < 4.78 is 17.4. The van der Waals surface area contributed by atoms with E-state index in [2.05, 4.69) is 11.0 Å². The Balaban J connectivity index is 1.44. The number of aromatic nitrogens is 1. The molecule has 0 bridgehead atoms. The minimum Gasteiger partial charge on any atom is -0.494 e. The van der Waals surface area contributed by atoms with E-state index in [1.807, 2.05) is 19.1 Å². The average molecular weight is 375 g/mol. The van der Waals surface area contributed by atoms with Crippen molar-refractivity contribution >= 4 is 32.6 Å². The van der Waals surface area contributed by atoms with Crippen LogP contribution < -0.4 is 9.64 Å². The summed E-state index contributed by atoms with van der Waals surface area (Å²) >= 11 is 1.66. The van der Waals surface area contributed by atoms with Gasteiger partial charge in [-0.05, 0) is 19.1 Å². The Morgan fingerprint density at radius 2 is 2.12 bits per heavy atom. The van der Waals surface area contributed by atoms with Gasteiger partial charge in [0.05, 0.1) is 11.3 Å². The molecule has 2 aromatic rings. The van der Waals surface area contributed by atoms with E-state index in [0.717, 1.165) is 34.2 Å². The molecule has 4 rings (SSSR count). The van der Waals surface area contributed by atoms with Crippen LogP contribution in [-0.4, -0.2) is 61.8 Å². The molecule has 3 heterocycles. The van der Waals surface area contributed by atoms with E-state index >= 15 is 0 Å². The number of fused-ring (bicyclic) bond motifs is 1. The number of para-hydroxylation sites is 1. The fourth-order valence-corrected chi connectivity index (χ4v) is 4.09. The van der Waals surface area contributed by atoms with Crippen LogP contribution in [0.4, 0.5) is 5.13 Å². The van der Waals surface area contributed by atoms with Crippen molar-refractivity contribution in [1.82, 2.24) is 9.88 Å². The summed E-state index contributed by atoms with van der Waals surface area (Å²) in [5, 5.41) is 0.968. The number of thiazole rings is 1. The maximum Gasteiger partial charge on any atom is 0.292 e. The molecule has 1 fully saturated rings. The molecule has 0 radical (unpaired) electrons. The predicted octanol–water partition coefficient (Wildman–Crippen LogP) is 2.23. The van der Waals surface area contributed by atoms with Crippen molar-refractivity contribution in [3.63, 3.8) is 0 Å². The topological polar surface area (TPSA) is 64.1 Å². The molecule has 1 amide bonds. The zero-order valence-electron chi connectivity index (χ0n) is 14.6. The number of piperazine rings is 1. The van der Waals surface area contributed by atoms with Crippen molar-refractivity contribution in [1.29, 1.82) is 0 Å². The predicted molar refractivity (Wildman–Crippen MR) is 99.6 cm³/mol. The summed E-state index contributed by atoms with van der Waals surface area (Å²) in [6.07, 6.45) is 1.42. The second kappa shape index (κ2) is 7.41. The van der Waals surface area contributed by atoms with Gasteiger partial charge in [0, 0.05) is 26.2 Å². The molecular weight excluding hydrogens is 354 g/mol. The van der Waals surface area contributed by atoms with Gasteiger partial charge in [-0.3, -0.25) is 4.79 Å². The summed E-state index contributed by atoms with van der Waals surface area (Å²) in [7, 11) is 0. The number of hydrogen-bond acceptors (Lipinski definition) is 7. The Hall–Kier alpha value is -2.48. The van der Waals surface area contributed by atoms with Gasteiger partial charge >= 0.3 is 0 Å². The third-order valence-electron chi connectivity index (χ3n) is 4.37. The molecule has 2 aliphatic heterocycles. The fourth-order valence-electron chi connectivity index (χ4n) is 3.06. The van der Waals surface area contributed by atoms with Crippen molar-refractivity contribution in [3.05, 3.63) is 30.2 Å². The summed E-state index contributed by atoms with van der Waals surface area (Å²) in [6, 6.07) is 6.00. The van der Waals surface area contributed by atoms with Gasteiger partial charge in [-0.1, -0.05) is 17.4 Å². The first-order chi connectivity index (χ1) is 12.8. The van der Waals surface area contributed by atoms with Crippen molar-refractivity contribution in [2.24, 2.45) is 0 Å². The molecule has 1 saturated heterocycles. The van der Waals surface area contributed by atoms with Gasteiger partial charge in [-0.15, -0.1) is 0 Å². The van der Waals surface area contributed by atoms with E-state index < -0.39 is 0 Å². The highest BCUT2D eigenvalue weighted by atomic mass is 32.1. The Morgan fingerprint density at radius 1 is 1.27 bits per heavy atom. The van der Waals surface area contributed by atoms with Crippen LogP contribution in [-0.2, 0) is 14.3 Å². The molecule has 1 aromatic heterocycles. The van der Waals surface area contributed by atoms with E-state index in [1.54, 1.807) is 16.2 Å². The van der Waals surface area contributed by atoms with E-state index in [4.69, 9.17) is 19.2 Å². The molecule has 0 spiro atoms. The minimum atomic E-state index is -0.104. The van der Waals surface area contributed by atoms with Crippen LogP contribution in [0.3, 0.4) is 0 Å². The average Bonchev–Trinajstić information content (AvgIpc) is 3.14. The van der Waals surface area contributed by atoms with Crippen molar-refractivity contribution in [2.75, 3.05) is 50.9 Å². The zero-order valence-corrected chi connectivity index (χ0v) is 15.5. The smallest absolute Gasteiger partial charge is 0.292 e. The fraction of sp³-hybridized carbons (Fsp3) is 0.444. The van der Waals surface area contributed by atoms with Gasteiger partial charge in [0.25, 0.3) is 5.91 Å². The number of anilines is 1. The van der Waals surface area contributed by atoms with Crippen LogP contribution in [0.15, 0.2) is 30.2 Å². The molecule has 138 valence electrons. The summed E-state index contributed by atoms with van der Waals surface area (Å²) in [4.78, 5) is 21.3. The van der Waals surface area contributed by atoms with Gasteiger partial charge in [-0.2, -0.15) is 0 Å². The minimum absolute atomic E-state index is 0.104. The standard InChI is InChI=1S/C18H21N3O4S/c1-2-24-13-4-3-5-15-16(13)19-18(26-15)21-8-6-20(7-9-21)17(22)14-12-23-10-11-25-14/h3-5,12H,2,6-11H2,1H3. The highest BCUT2D eigenvalue weighted by Crippen LogP contribution is 2.34. The first-order valence-corrected chi connectivity index (χ1v) is 9.59. The van der Waals surface area contributed by atoms with Crippen LogP contribution in [0.5, 0.6) is 5.75 Å². The quantitative estimate of drug-likeness (QED) is 0.817. The monoisotopic (exact) mass is 375 g/mol. The number of carbonyl (C=O) groups excluding carboxylic acids is 1. The normalized spacial score (nSPS) is 17.5. The number of nitrogens with zero attached hydrogens (tertiary/aromatic N) is 3. The molecule has 0 unspecified atom stereocenters. The lowest BCUT2D eigenvalue weighted by atomic mass is 10.3. The molecule has 7 nitrogen and oxygen atoms in total. The van der Waals surface area contributed by atoms with Crippen LogP contribution in [0, 0.1) is 0 Å². The van der Waals surface area contributed by atoms with Gasteiger partial charge in [0.2, 0.25) is 5.76 Å². The number of benzene rings is 1. The second-order valence-corrected chi connectivity index (χ2v) is 7.02. The van der Waals surface area contributed by atoms with Gasteiger partial charge < -0.3 is 24.0 Å². The Kier molecular flexibility index (Phi) is 4.83. The highest BCUT2D eigenvalue weighted by molar-refractivity contribution is 7.22. The van der Waals surface area contributed by atoms with Crippen molar-refractivity contribution in [3.8, 4) is 5.75 Å². The highest BCUT2D eigenvalue weighted by Gasteiger charge is 2.27. The summed E-state index contributed by atoms with van der Waals surface area (Å²) in [5.74, 6) is 1.01. The van der Waals surface area contributed by atoms with Gasteiger partial charge in [0.15, 0.2) is 5.13 Å². The third-order valence-corrected chi connectivity index (χ3v) is 5.45. The maximum atomic E-state index is 12.5. The first-order valence-electron chi connectivity index (χ1n) is 8.77. The van der Waals surface area contributed by atoms with E-state index in [0.29, 0.717) is 38.7 Å². The SMILES string of the molecule is CCOc1cccc2sc(N3CCN(C(=O)C4=COCCO4)CC3)nc12. The van der Waals surface area contributed by atoms with E-state index in [9.17, 15) is 4.79 Å². The maximum absolute atomic E-state index is 12.5. The Bertz CT molecular complexity index is 827. The molecule has 2 aliphatic rings. The Morgan fingerprint density at radius 3 is 2.85 bits per heavy atom. The molecule has 8 heteroatoms. The van der Waals surface area contributed by atoms with E-state index in [-0.39, 0.29) is 5.91 Å². The first kappa shape index (κ1) is 17.0. The molecule has 26 heavy (non-hydrogen) atoms. The molecule has 0 N–H and O–H groups in total. The number of hydrogen-bond donors (Lipinski definition) is 0. The third kappa shape index (κ3) is 3.29. The molecule has 0 atom stereocenters.